The Kier molecular flexibility index (Phi) is 6.08. The molecule has 86 valence electrons. The van der Waals surface area contributed by atoms with E-state index in [-0.39, 0.29) is 25.1 Å². The summed E-state index contributed by atoms with van der Waals surface area (Å²) in [6, 6.07) is 5.19. The molecule has 0 aliphatic heterocycles. The summed E-state index contributed by atoms with van der Waals surface area (Å²) in [7, 11) is 0. The van der Waals surface area contributed by atoms with Crippen molar-refractivity contribution in [3.05, 3.63) is 23.8 Å². The summed E-state index contributed by atoms with van der Waals surface area (Å²) in [5.41, 5.74) is 13.3. The maximum atomic E-state index is 9.09. The van der Waals surface area contributed by atoms with E-state index in [0.717, 1.165) is 5.56 Å². The van der Waals surface area contributed by atoms with Gasteiger partial charge >= 0.3 is 0 Å². The number of hydrogen-bond acceptors (Lipinski definition) is 4. The number of anilines is 2. The van der Waals surface area contributed by atoms with Crippen LogP contribution in [0.4, 0.5) is 11.4 Å². The number of ether oxygens (including phenoxy) is 1. The predicted molar refractivity (Wildman–Crippen MR) is 64.0 cm³/mol. The van der Waals surface area contributed by atoms with Crippen molar-refractivity contribution in [2.24, 2.45) is 0 Å². The van der Waals surface area contributed by atoms with Crippen molar-refractivity contribution in [3.63, 3.8) is 0 Å². The minimum absolute atomic E-state index is 0. The zero-order valence-corrected chi connectivity index (χ0v) is 9.46. The molecule has 0 saturated heterocycles. The fourth-order valence-corrected chi connectivity index (χ4v) is 1.33. The third-order valence-electron chi connectivity index (χ3n) is 1.99. The molecule has 0 heterocycles. The van der Waals surface area contributed by atoms with Crippen molar-refractivity contribution >= 4 is 23.8 Å². The second-order valence-corrected chi connectivity index (χ2v) is 3.01. The van der Waals surface area contributed by atoms with Crippen LogP contribution >= 0.6 is 12.4 Å². The molecule has 0 fully saturated rings. The van der Waals surface area contributed by atoms with Crippen LogP contribution < -0.4 is 11.5 Å². The van der Waals surface area contributed by atoms with Gasteiger partial charge < -0.3 is 21.3 Å². The van der Waals surface area contributed by atoms with Crippen molar-refractivity contribution < 1.29 is 9.84 Å². The number of nitrogens with two attached hydrogens (primary N) is 2. The molecule has 1 rings (SSSR count). The topological polar surface area (TPSA) is 81.5 Å². The first-order valence-electron chi connectivity index (χ1n) is 4.56. The van der Waals surface area contributed by atoms with Gasteiger partial charge in [-0.05, 0) is 19.1 Å². The summed E-state index contributed by atoms with van der Waals surface area (Å²) in [4.78, 5) is 0. The number of benzene rings is 1. The summed E-state index contributed by atoms with van der Waals surface area (Å²) >= 11 is 0. The molecular weight excluding hydrogens is 216 g/mol. The van der Waals surface area contributed by atoms with Gasteiger partial charge in [0.2, 0.25) is 0 Å². The van der Waals surface area contributed by atoms with Crippen molar-refractivity contribution in [3.8, 4) is 0 Å². The minimum atomic E-state index is -0.361. The Morgan fingerprint density at radius 2 is 2.07 bits per heavy atom. The van der Waals surface area contributed by atoms with Gasteiger partial charge in [0, 0.05) is 23.5 Å². The van der Waals surface area contributed by atoms with Gasteiger partial charge in [-0.1, -0.05) is 6.07 Å². The van der Waals surface area contributed by atoms with Crippen molar-refractivity contribution in [2.45, 2.75) is 13.0 Å². The first-order valence-corrected chi connectivity index (χ1v) is 4.56. The van der Waals surface area contributed by atoms with E-state index in [2.05, 4.69) is 0 Å². The molecule has 1 aromatic rings. The zero-order valence-electron chi connectivity index (χ0n) is 8.64. The largest absolute Gasteiger partial charge is 0.399 e. The van der Waals surface area contributed by atoms with Gasteiger partial charge in [-0.3, -0.25) is 0 Å². The first-order chi connectivity index (χ1) is 6.69. The fourth-order valence-electron chi connectivity index (χ4n) is 1.33. The Hall–Kier alpha value is -0.970. The number of nitrogen functional groups attached to an aromatic ring is 2. The second-order valence-electron chi connectivity index (χ2n) is 3.01. The Bertz CT molecular complexity index is 307. The summed E-state index contributed by atoms with van der Waals surface area (Å²) < 4.78 is 5.33. The van der Waals surface area contributed by atoms with Crippen LogP contribution in [0.25, 0.3) is 0 Å². The van der Waals surface area contributed by atoms with E-state index in [1.165, 1.54) is 0 Å². The van der Waals surface area contributed by atoms with E-state index in [0.29, 0.717) is 18.0 Å². The van der Waals surface area contributed by atoms with Crippen LogP contribution in [-0.2, 0) is 4.74 Å². The molecule has 1 aromatic carbocycles. The van der Waals surface area contributed by atoms with Gasteiger partial charge in [-0.2, -0.15) is 0 Å². The summed E-state index contributed by atoms with van der Waals surface area (Å²) in [6.07, 6.45) is -0.361. The lowest BCUT2D eigenvalue weighted by atomic mass is 10.1. The van der Waals surface area contributed by atoms with Crippen LogP contribution in [0.2, 0.25) is 0 Å². The maximum absolute atomic E-state index is 9.09. The van der Waals surface area contributed by atoms with Gasteiger partial charge in [-0.15, -0.1) is 12.4 Å². The van der Waals surface area contributed by atoms with Crippen LogP contribution in [-0.4, -0.2) is 18.3 Å². The average molecular weight is 233 g/mol. The number of aliphatic hydroxyl groups excluding tert-OH is 1. The minimum Gasteiger partial charge on any atom is -0.399 e. The monoisotopic (exact) mass is 232 g/mol. The van der Waals surface area contributed by atoms with Crippen LogP contribution in [0.1, 0.15) is 18.6 Å². The average Bonchev–Trinajstić information content (AvgIpc) is 2.15. The normalized spacial score (nSPS) is 11.9. The highest BCUT2D eigenvalue weighted by Crippen LogP contribution is 2.24. The van der Waals surface area contributed by atoms with Crippen molar-refractivity contribution in [2.75, 3.05) is 24.7 Å². The molecule has 5 heteroatoms. The standard InChI is InChI=1S/C10H16N2O2.ClH/c1-2-14-10(6-13)8-4-3-7(11)5-9(8)12;/h3-5,10,13H,2,6,11-12H2,1H3;1H. The lowest BCUT2D eigenvalue weighted by Crippen LogP contribution is -2.11. The highest BCUT2D eigenvalue weighted by atomic mass is 35.5. The van der Waals surface area contributed by atoms with Crippen LogP contribution in [0.15, 0.2) is 18.2 Å². The Balaban J connectivity index is 0.00000196. The van der Waals surface area contributed by atoms with Crippen molar-refractivity contribution in [1.82, 2.24) is 0 Å². The molecular formula is C10H17ClN2O2. The number of rotatable bonds is 4. The number of hydrogen-bond donors (Lipinski definition) is 3. The van der Waals surface area contributed by atoms with Crippen LogP contribution in [0.5, 0.6) is 0 Å². The molecule has 1 atom stereocenters. The Morgan fingerprint density at radius 1 is 1.40 bits per heavy atom. The molecule has 5 N–H and O–H groups in total. The van der Waals surface area contributed by atoms with Crippen molar-refractivity contribution in [1.29, 1.82) is 0 Å². The van der Waals surface area contributed by atoms with E-state index >= 15 is 0 Å². The van der Waals surface area contributed by atoms with Gasteiger partial charge in [0.15, 0.2) is 0 Å². The van der Waals surface area contributed by atoms with Gasteiger partial charge in [0.25, 0.3) is 0 Å². The lowest BCUT2D eigenvalue weighted by molar-refractivity contribution is 0.0194. The molecule has 15 heavy (non-hydrogen) atoms. The van der Waals surface area contributed by atoms with Gasteiger partial charge in [0.1, 0.15) is 6.10 Å². The zero-order chi connectivity index (χ0) is 10.6. The molecule has 0 aliphatic carbocycles. The predicted octanol–water partition coefficient (Wildman–Crippen LogP) is 1.34. The highest BCUT2D eigenvalue weighted by Gasteiger charge is 2.12. The van der Waals surface area contributed by atoms with E-state index in [1.807, 2.05) is 6.92 Å². The lowest BCUT2D eigenvalue weighted by Gasteiger charge is -2.16. The molecule has 0 spiro atoms. The molecule has 0 saturated carbocycles. The van der Waals surface area contributed by atoms with Crippen LogP contribution in [0.3, 0.4) is 0 Å². The second kappa shape index (κ2) is 6.50. The third-order valence-corrected chi connectivity index (χ3v) is 1.99. The summed E-state index contributed by atoms with van der Waals surface area (Å²) in [5.74, 6) is 0. The number of halogens is 1. The first kappa shape index (κ1) is 14.0. The Morgan fingerprint density at radius 3 is 2.53 bits per heavy atom. The van der Waals surface area contributed by atoms with E-state index in [4.69, 9.17) is 21.3 Å². The van der Waals surface area contributed by atoms with Gasteiger partial charge in [0.05, 0.1) is 6.61 Å². The van der Waals surface area contributed by atoms with Crippen LogP contribution in [0, 0.1) is 0 Å². The van der Waals surface area contributed by atoms with Gasteiger partial charge in [-0.25, -0.2) is 0 Å². The smallest absolute Gasteiger partial charge is 0.107 e. The molecule has 1 unspecified atom stereocenters. The van der Waals surface area contributed by atoms with E-state index in [9.17, 15) is 0 Å². The number of aliphatic hydroxyl groups is 1. The quantitative estimate of drug-likeness (QED) is 0.685. The fraction of sp³-hybridized carbons (Fsp3) is 0.400. The van der Waals surface area contributed by atoms with E-state index in [1.54, 1.807) is 18.2 Å². The molecule has 0 aromatic heterocycles. The van der Waals surface area contributed by atoms with E-state index < -0.39 is 0 Å². The maximum Gasteiger partial charge on any atom is 0.107 e. The Labute approximate surface area is 95.6 Å². The SMILES string of the molecule is CCOC(CO)c1ccc(N)cc1N.Cl. The summed E-state index contributed by atoms with van der Waals surface area (Å²) in [5, 5.41) is 9.09. The molecule has 0 bridgehead atoms. The molecule has 0 radical (unpaired) electrons. The summed E-state index contributed by atoms with van der Waals surface area (Å²) in [6.45, 7) is 2.33. The molecule has 4 nitrogen and oxygen atoms in total. The third kappa shape index (κ3) is 3.58. The molecule has 0 amide bonds. The molecule has 0 aliphatic rings. The highest BCUT2D eigenvalue weighted by molar-refractivity contribution is 5.85.